The van der Waals surface area contributed by atoms with E-state index >= 15 is 0 Å². The van der Waals surface area contributed by atoms with Crippen LogP contribution in [0.1, 0.15) is 5.56 Å². The van der Waals surface area contributed by atoms with E-state index in [2.05, 4.69) is 5.32 Å². The van der Waals surface area contributed by atoms with Gasteiger partial charge in [-0.25, -0.2) is 8.42 Å². The van der Waals surface area contributed by atoms with Crippen LogP contribution in [0.2, 0.25) is 0 Å². The first-order valence-electron chi connectivity index (χ1n) is 6.04. The van der Waals surface area contributed by atoms with Crippen LogP contribution in [0, 0.1) is 11.3 Å². The van der Waals surface area contributed by atoms with Crippen molar-refractivity contribution in [3.63, 3.8) is 0 Å². The van der Waals surface area contributed by atoms with Gasteiger partial charge in [-0.15, -0.1) is 0 Å². The maximum atomic E-state index is 12.0. The molecule has 5 nitrogen and oxygen atoms in total. The quantitative estimate of drug-likeness (QED) is 0.736. The van der Waals surface area contributed by atoms with E-state index in [1.165, 1.54) is 24.3 Å². The molecule has 1 aromatic carbocycles. The standard InChI is InChI=1S/C13H19N3O2S/c1-16(2)9-7-15-8-10-19(17,18)13-5-3-12(11-14)4-6-13/h3-6,15H,7-10H2,1-2H3. The third-order valence-corrected chi connectivity index (χ3v) is 4.36. The average molecular weight is 281 g/mol. The molecule has 1 N–H and O–H groups in total. The zero-order chi connectivity index (χ0) is 14.3. The molecule has 0 unspecified atom stereocenters. The predicted octanol–water partition coefficient (Wildman–Crippen LogP) is 0.483. The number of likely N-dealkylation sites (N-methyl/N-ethyl adjacent to an activating group) is 1. The Morgan fingerprint density at radius 3 is 2.37 bits per heavy atom. The molecule has 1 aromatic rings. The molecule has 6 heteroatoms. The largest absolute Gasteiger partial charge is 0.314 e. The molecule has 0 amide bonds. The predicted molar refractivity (Wildman–Crippen MR) is 74.6 cm³/mol. The first-order chi connectivity index (χ1) is 8.95. The van der Waals surface area contributed by atoms with Gasteiger partial charge < -0.3 is 10.2 Å². The molecule has 0 aromatic heterocycles. The summed E-state index contributed by atoms with van der Waals surface area (Å²) in [5.41, 5.74) is 0.461. The number of benzene rings is 1. The highest BCUT2D eigenvalue weighted by Gasteiger charge is 2.13. The molecule has 0 aliphatic carbocycles. The lowest BCUT2D eigenvalue weighted by Crippen LogP contribution is -2.30. The van der Waals surface area contributed by atoms with Crippen LogP contribution in [-0.2, 0) is 9.84 Å². The number of rotatable bonds is 7. The topological polar surface area (TPSA) is 73.2 Å². The second-order valence-corrected chi connectivity index (χ2v) is 6.62. The molecule has 104 valence electrons. The Balaban J connectivity index is 2.49. The van der Waals surface area contributed by atoms with E-state index in [-0.39, 0.29) is 10.6 Å². The van der Waals surface area contributed by atoms with Crippen molar-refractivity contribution < 1.29 is 8.42 Å². The second-order valence-electron chi connectivity index (χ2n) is 4.51. The Hall–Kier alpha value is -1.42. The van der Waals surface area contributed by atoms with E-state index < -0.39 is 9.84 Å². The lowest BCUT2D eigenvalue weighted by molar-refractivity contribution is 0.402. The molecule has 0 heterocycles. The van der Waals surface area contributed by atoms with E-state index in [0.717, 1.165) is 13.1 Å². The summed E-state index contributed by atoms with van der Waals surface area (Å²) in [6.07, 6.45) is 0. The Morgan fingerprint density at radius 2 is 1.84 bits per heavy atom. The smallest absolute Gasteiger partial charge is 0.179 e. The van der Waals surface area contributed by atoms with Crippen molar-refractivity contribution in [3.8, 4) is 6.07 Å². The summed E-state index contributed by atoms with van der Waals surface area (Å²) in [5.74, 6) is 0.0618. The van der Waals surface area contributed by atoms with Gasteiger partial charge in [0, 0.05) is 19.6 Å². The van der Waals surface area contributed by atoms with E-state index in [1.54, 1.807) is 0 Å². The van der Waals surface area contributed by atoms with Crippen molar-refractivity contribution in [1.82, 2.24) is 10.2 Å². The minimum absolute atomic E-state index is 0.0618. The number of nitriles is 1. The summed E-state index contributed by atoms with van der Waals surface area (Å²) in [7, 11) is 0.663. The van der Waals surface area contributed by atoms with Crippen LogP contribution >= 0.6 is 0 Å². The van der Waals surface area contributed by atoms with Gasteiger partial charge in [0.1, 0.15) is 0 Å². The lowest BCUT2D eigenvalue weighted by Gasteiger charge is -2.10. The number of hydrogen-bond acceptors (Lipinski definition) is 5. The van der Waals surface area contributed by atoms with Crippen LogP contribution in [-0.4, -0.2) is 52.8 Å². The summed E-state index contributed by atoms with van der Waals surface area (Å²) >= 11 is 0. The minimum atomic E-state index is -3.27. The fourth-order valence-corrected chi connectivity index (χ4v) is 2.69. The zero-order valence-electron chi connectivity index (χ0n) is 11.3. The summed E-state index contributed by atoms with van der Waals surface area (Å²) in [6.45, 7) is 2.06. The van der Waals surface area contributed by atoms with Gasteiger partial charge in [-0.3, -0.25) is 0 Å². The summed E-state index contributed by atoms with van der Waals surface area (Å²) in [5, 5.41) is 11.8. The monoisotopic (exact) mass is 281 g/mol. The van der Waals surface area contributed by atoms with Gasteiger partial charge >= 0.3 is 0 Å². The van der Waals surface area contributed by atoms with E-state index in [1.807, 2.05) is 25.1 Å². The van der Waals surface area contributed by atoms with Crippen LogP contribution in [0.15, 0.2) is 29.2 Å². The molecular formula is C13H19N3O2S. The van der Waals surface area contributed by atoms with Crippen molar-refractivity contribution in [2.45, 2.75) is 4.90 Å². The van der Waals surface area contributed by atoms with Crippen LogP contribution in [0.25, 0.3) is 0 Å². The highest BCUT2D eigenvalue weighted by Crippen LogP contribution is 2.11. The minimum Gasteiger partial charge on any atom is -0.314 e. The van der Waals surface area contributed by atoms with Crippen molar-refractivity contribution in [1.29, 1.82) is 5.26 Å². The first kappa shape index (κ1) is 15.6. The first-order valence-corrected chi connectivity index (χ1v) is 7.69. The highest BCUT2D eigenvalue weighted by atomic mass is 32.2. The van der Waals surface area contributed by atoms with Gasteiger partial charge in [-0.1, -0.05) is 0 Å². The zero-order valence-corrected chi connectivity index (χ0v) is 12.1. The maximum Gasteiger partial charge on any atom is 0.179 e. The van der Waals surface area contributed by atoms with Gasteiger partial charge in [-0.2, -0.15) is 5.26 Å². The SMILES string of the molecule is CN(C)CCNCCS(=O)(=O)c1ccc(C#N)cc1. The van der Waals surface area contributed by atoms with Crippen molar-refractivity contribution in [2.24, 2.45) is 0 Å². The Labute approximate surface area is 114 Å². The molecule has 0 aliphatic rings. The molecule has 0 saturated carbocycles. The van der Waals surface area contributed by atoms with Gasteiger partial charge in [0.15, 0.2) is 9.84 Å². The third kappa shape index (κ3) is 5.39. The second kappa shape index (κ2) is 7.24. The fourth-order valence-electron chi connectivity index (χ4n) is 1.49. The fraction of sp³-hybridized carbons (Fsp3) is 0.462. The Kier molecular flexibility index (Phi) is 5.96. The van der Waals surface area contributed by atoms with Gasteiger partial charge in [-0.05, 0) is 38.4 Å². The lowest BCUT2D eigenvalue weighted by atomic mass is 10.2. The Morgan fingerprint density at radius 1 is 1.21 bits per heavy atom. The number of nitrogens with zero attached hydrogens (tertiary/aromatic N) is 2. The number of sulfone groups is 1. The summed E-state index contributed by atoms with van der Waals surface area (Å²) < 4.78 is 24.0. The molecule has 0 atom stereocenters. The van der Waals surface area contributed by atoms with Gasteiger partial charge in [0.2, 0.25) is 0 Å². The normalized spacial score (nSPS) is 11.5. The molecule has 0 bridgehead atoms. The van der Waals surface area contributed by atoms with Gasteiger partial charge in [0.05, 0.1) is 22.3 Å². The van der Waals surface area contributed by atoms with Crippen molar-refractivity contribution in [2.75, 3.05) is 39.5 Å². The van der Waals surface area contributed by atoms with Crippen LogP contribution < -0.4 is 5.32 Å². The van der Waals surface area contributed by atoms with Crippen molar-refractivity contribution >= 4 is 9.84 Å². The Bertz CT molecular complexity index is 530. The molecule has 1 rings (SSSR count). The van der Waals surface area contributed by atoms with E-state index in [0.29, 0.717) is 12.1 Å². The number of nitrogens with one attached hydrogen (secondary N) is 1. The van der Waals surface area contributed by atoms with E-state index in [9.17, 15) is 8.42 Å². The molecule has 19 heavy (non-hydrogen) atoms. The summed E-state index contributed by atoms with van der Waals surface area (Å²) in [4.78, 5) is 2.29. The summed E-state index contributed by atoms with van der Waals surface area (Å²) in [6, 6.07) is 7.96. The van der Waals surface area contributed by atoms with Crippen LogP contribution in [0.3, 0.4) is 0 Å². The van der Waals surface area contributed by atoms with Crippen molar-refractivity contribution in [3.05, 3.63) is 29.8 Å². The molecule has 0 spiro atoms. The molecule has 0 radical (unpaired) electrons. The molecule has 0 saturated heterocycles. The third-order valence-electron chi connectivity index (χ3n) is 2.63. The molecular weight excluding hydrogens is 262 g/mol. The highest BCUT2D eigenvalue weighted by molar-refractivity contribution is 7.91. The average Bonchev–Trinajstić information content (AvgIpc) is 2.38. The molecule has 0 aliphatic heterocycles. The molecule has 0 fully saturated rings. The van der Waals surface area contributed by atoms with E-state index in [4.69, 9.17) is 5.26 Å². The van der Waals surface area contributed by atoms with Gasteiger partial charge in [0.25, 0.3) is 0 Å². The van der Waals surface area contributed by atoms with Crippen LogP contribution in [0.4, 0.5) is 0 Å². The maximum absolute atomic E-state index is 12.0. The number of hydrogen-bond donors (Lipinski definition) is 1. The van der Waals surface area contributed by atoms with Crippen LogP contribution in [0.5, 0.6) is 0 Å².